The van der Waals surface area contributed by atoms with Crippen molar-refractivity contribution in [2.45, 2.75) is 20.0 Å². The fraction of sp³-hybridized carbons (Fsp3) is 0.600. The van der Waals surface area contributed by atoms with Gasteiger partial charge in [-0.1, -0.05) is 0 Å². The minimum absolute atomic E-state index is 0.262. The van der Waals surface area contributed by atoms with E-state index in [0.717, 1.165) is 0 Å². The van der Waals surface area contributed by atoms with Crippen LogP contribution in [0.2, 0.25) is 0 Å². The molecule has 0 bridgehead atoms. The van der Waals surface area contributed by atoms with Crippen molar-refractivity contribution in [2.24, 2.45) is 5.73 Å². The Bertz CT molecular complexity index is 436. The third kappa shape index (κ3) is 3.04. The summed E-state index contributed by atoms with van der Waals surface area (Å²) in [6, 6.07) is 1.38. The van der Waals surface area contributed by atoms with E-state index in [9.17, 15) is 9.59 Å². The van der Waals surface area contributed by atoms with Gasteiger partial charge in [0.2, 0.25) is 0 Å². The summed E-state index contributed by atoms with van der Waals surface area (Å²) >= 11 is 0. The highest BCUT2D eigenvalue weighted by molar-refractivity contribution is 4.86. The lowest BCUT2D eigenvalue weighted by atomic mass is 10.5. The summed E-state index contributed by atoms with van der Waals surface area (Å²) in [6.07, 6.45) is 1.50. The Kier molecular flexibility index (Phi) is 4.94. The molecule has 6 nitrogen and oxygen atoms in total. The van der Waals surface area contributed by atoms with Gasteiger partial charge in [0.25, 0.3) is 5.56 Å². The van der Waals surface area contributed by atoms with Crippen LogP contribution in [0.1, 0.15) is 6.92 Å². The molecule has 0 radical (unpaired) electrons. The van der Waals surface area contributed by atoms with Crippen molar-refractivity contribution in [2.75, 3.05) is 19.8 Å². The summed E-state index contributed by atoms with van der Waals surface area (Å²) < 4.78 is 7.78. The molecule has 16 heavy (non-hydrogen) atoms. The van der Waals surface area contributed by atoms with Crippen LogP contribution < -0.4 is 17.0 Å². The van der Waals surface area contributed by atoms with Crippen molar-refractivity contribution in [3.63, 3.8) is 0 Å². The van der Waals surface area contributed by atoms with Crippen LogP contribution in [0.15, 0.2) is 21.9 Å². The molecule has 0 saturated carbocycles. The van der Waals surface area contributed by atoms with E-state index in [1.165, 1.54) is 21.4 Å². The van der Waals surface area contributed by atoms with Crippen molar-refractivity contribution < 1.29 is 4.74 Å². The minimum Gasteiger partial charge on any atom is -0.378 e. The number of hydrogen-bond acceptors (Lipinski definition) is 4. The molecule has 0 fully saturated rings. The van der Waals surface area contributed by atoms with Gasteiger partial charge in [-0.3, -0.25) is 9.36 Å². The second-order valence-corrected chi connectivity index (χ2v) is 3.28. The first kappa shape index (κ1) is 12.7. The third-order valence-electron chi connectivity index (χ3n) is 2.20. The zero-order chi connectivity index (χ0) is 12.0. The maximum Gasteiger partial charge on any atom is 0.331 e. The van der Waals surface area contributed by atoms with Crippen LogP contribution >= 0.6 is 0 Å². The van der Waals surface area contributed by atoms with E-state index < -0.39 is 0 Å². The zero-order valence-electron chi connectivity index (χ0n) is 9.39. The lowest BCUT2D eigenvalue weighted by molar-refractivity contribution is 0.131. The molecule has 0 aromatic carbocycles. The Morgan fingerprint density at radius 3 is 2.75 bits per heavy atom. The van der Waals surface area contributed by atoms with Crippen LogP contribution in [-0.2, 0) is 17.8 Å². The van der Waals surface area contributed by atoms with Crippen LogP contribution in [-0.4, -0.2) is 28.9 Å². The molecule has 0 unspecified atom stereocenters. The molecule has 90 valence electrons. The summed E-state index contributed by atoms with van der Waals surface area (Å²) in [5, 5.41) is 0. The Hall–Kier alpha value is -1.40. The molecule has 2 N–H and O–H groups in total. The lowest BCUT2D eigenvalue weighted by Crippen LogP contribution is -2.39. The summed E-state index contributed by atoms with van der Waals surface area (Å²) in [4.78, 5) is 23.2. The molecule has 1 heterocycles. The maximum atomic E-state index is 11.7. The Morgan fingerprint density at radius 1 is 1.38 bits per heavy atom. The van der Waals surface area contributed by atoms with Crippen molar-refractivity contribution in [3.8, 4) is 0 Å². The molecule has 0 atom stereocenters. The smallest absolute Gasteiger partial charge is 0.331 e. The second kappa shape index (κ2) is 6.24. The topological polar surface area (TPSA) is 79.2 Å². The Morgan fingerprint density at radius 2 is 2.12 bits per heavy atom. The molecule has 0 saturated heterocycles. The van der Waals surface area contributed by atoms with Gasteiger partial charge in [-0.2, -0.15) is 0 Å². The van der Waals surface area contributed by atoms with E-state index in [1.807, 2.05) is 6.92 Å². The Balaban J connectivity index is 2.78. The van der Waals surface area contributed by atoms with Crippen LogP contribution in [0.25, 0.3) is 0 Å². The predicted octanol–water partition coefficient (Wildman–Crippen LogP) is -0.995. The summed E-state index contributed by atoms with van der Waals surface area (Å²) in [5.41, 5.74) is 4.65. The summed E-state index contributed by atoms with van der Waals surface area (Å²) in [7, 11) is 0. The monoisotopic (exact) mass is 227 g/mol. The van der Waals surface area contributed by atoms with Crippen molar-refractivity contribution >= 4 is 0 Å². The molecule has 1 aromatic rings. The first-order valence-corrected chi connectivity index (χ1v) is 5.28. The normalized spacial score (nSPS) is 10.6. The highest BCUT2D eigenvalue weighted by Gasteiger charge is 2.03. The van der Waals surface area contributed by atoms with Gasteiger partial charge >= 0.3 is 5.69 Å². The van der Waals surface area contributed by atoms with E-state index >= 15 is 0 Å². The predicted molar refractivity (Wildman–Crippen MR) is 60.5 cm³/mol. The van der Waals surface area contributed by atoms with Gasteiger partial charge in [-0.15, -0.1) is 0 Å². The average Bonchev–Trinajstić information content (AvgIpc) is 2.28. The molecule has 0 aliphatic heterocycles. The second-order valence-electron chi connectivity index (χ2n) is 3.28. The number of nitrogens with zero attached hydrogens (tertiary/aromatic N) is 2. The van der Waals surface area contributed by atoms with Gasteiger partial charge in [0.05, 0.1) is 19.8 Å². The zero-order valence-corrected chi connectivity index (χ0v) is 9.39. The fourth-order valence-electron chi connectivity index (χ4n) is 1.34. The minimum atomic E-state index is -0.300. The highest BCUT2D eigenvalue weighted by atomic mass is 16.5. The van der Waals surface area contributed by atoms with Gasteiger partial charge < -0.3 is 15.0 Å². The third-order valence-corrected chi connectivity index (χ3v) is 2.20. The summed E-state index contributed by atoms with van der Waals surface area (Å²) in [5.74, 6) is 0. The van der Waals surface area contributed by atoms with Crippen molar-refractivity contribution in [1.82, 2.24) is 9.13 Å². The molecule has 6 heteroatoms. The van der Waals surface area contributed by atoms with Crippen molar-refractivity contribution in [3.05, 3.63) is 33.1 Å². The van der Waals surface area contributed by atoms with E-state index in [2.05, 4.69) is 0 Å². The molecular formula is C10H17N3O3. The molecule has 0 amide bonds. The van der Waals surface area contributed by atoms with Crippen LogP contribution in [0.3, 0.4) is 0 Å². The van der Waals surface area contributed by atoms with E-state index in [1.54, 1.807) is 0 Å². The molecule has 0 aliphatic carbocycles. The van der Waals surface area contributed by atoms with Gasteiger partial charge in [0, 0.05) is 25.4 Å². The fourth-order valence-corrected chi connectivity index (χ4v) is 1.34. The first-order valence-electron chi connectivity index (χ1n) is 5.28. The average molecular weight is 227 g/mol. The number of aryl methyl sites for hydroxylation is 1. The lowest BCUT2D eigenvalue weighted by Gasteiger charge is -2.08. The molecular weight excluding hydrogens is 210 g/mol. The standard InChI is InChI=1S/C10H17N3O3/c1-2-12-5-3-9(14)13(10(12)15)6-8-16-7-4-11/h3,5H,2,4,6-8,11H2,1H3. The highest BCUT2D eigenvalue weighted by Crippen LogP contribution is 1.80. The van der Waals surface area contributed by atoms with Crippen LogP contribution in [0, 0.1) is 0 Å². The number of nitrogens with two attached hydrogens (primary N) is 1. The van der Waals surface area contributed by atoms with Gasteiger partial charge in [0.15, 0.2) is 0 Å². The SMILES string of the molecule is CCn1ccc(=O)n(CCOCCN)c1=O. The Labute approximate surface area is 93.3 Å². The summed E-state index contributed by atoms with van der Waals surface area (Å²) in [6.45, 7) is 3.84. The number of rotatable bonds is 6. The molecule has 1 aromatic heterocycles. The number of ether oxygens (including phenoxy) is 1. The number of aromatic nitrogens is 2. The van der Waals surface area contributed by atoms with Gasteiger partial charge in [-0.25, -0.2) is 4.79 Å². The first-order chi connectivity index (χ1) is 7.70. The molecule has 0 aliphatic rings. The van der Waals surface area contributed by atoms with E-state index in [4.69, 9.17) is 10.5 Å². The van der Waals surface area contributed by atoms with Gasteiger partial charge in [-0.05, 0) is 6.92 Å². The van der Waals surface area contributed by atoms with E-state index in [-0.39, 0.29) is 17.8 Å². The largest absolute Gasteiger partial charge is 0.378 e. The molecule has 0 spiro atoms. The van der Waals surface area contributed by atoms with Gasteiger partial charge in [0.1, 0.15) is 0 Å². The number of hydrogen-bond donors (Lipinski definition) is 1. The molecule has 1 rings (SSSR count). The van der Waals surface area contributed by atoms with Crippen LogP contribution in [0.5, 0.6) is 0 Å². The quantitative estimate of drug-likeness (QED) is 0.632. The van der Waals surface area contributed by atoms with Crippen LogP contribution in [0.4, 0.5) is 0 Å². The van der Waals surface area contributed by atoms with Crippen molar-refractivity contribution in [1.29, 1.82) is 0 Å². The van der Waals surface area contributed by atoms with E-state index in [0.29, 0.717) is 26.3 Å². The maximum absolute atomic E-state index is 11.7.